The summed E-state index contributed by atoms with van der Waals surface area (Å²) in [5, 5.41) is 1.48. The first kappa shape index (κ1) is 15.6. The Morgan fingerprint density at radius 2 is 1.43 bits per heavy atom. The third kappa shape index (κ3) is 2.39. The molecule has 11 heteroatoms. The SMILES string of the molecule is O=C1NC(=O)c2cc(S(=O)(=O)O)cc3c(S(=O)(=O)O)ccc1c23. The molecule has 9 nitrogen and oxygen atoms in total. The second-order valence-corrected chi connectivity index (χ2v) is 7.55. The van der Waals surface area contributed by atoms with Gasteiger partial charge in [-0.1, -0.05) is 0 Å². The Kier molecular flexibility index (Phi) is 3.10. The summed E-state index contributed by atoms with van der Waals surface area (Å²) in [6.07, 6.45) is 0. The lowest BCUT2D eigenvalue weighted by Gasteiger charge is -2.18. The molecule has 0 atom stereocenters. The first-order valence-electron chi connectivity index (χ1n) is 5.91. The average molecular weight is 357 g/mol. The van der Waals surface area contributed by atoms with Crippen LogP contribution in [0.3, 0.4) is 0 Å². The van der Waals surface area contributed by atoms with Crippen LogP contribution >= 0.6 is 0 Å². The molecule has 0 radical (unpaired) electrons. The molecule has 1 aliphatic rings. The summed E-state index contributed by atoms with van der Waals surface area (Å²) < 4.78 is 64.0. The molecule has 1 heterocycles. The molecule has 0 spiro atoms. The Hall–Kier alpha value is -2.34. The Morgan fingerprint density at radius 3 is 2.00 bits per heavy atom. The Labute approximate surface area is 129 Å². The van der Waals surface area contributed by atoms with Crippen LogP contribution in [0.15, 0.2) is 34.1 Å². The van der Waals surface area contributed by atoms with E-state index in [9.17, 15) is 31.0 Å². The van der Waals surface area contributed by atoms with E-state index in [-0.39, 0.29) is 21.9 Å². The molecule has 23 heavy (non-hydrogen) atoms. The minimum Gasteiger partial charge on any atom is -0.288 e. The van der Waals surface area contributed by atoms with Gasteiger partial charge in [0, 0.05) is 21.9 Å². The second-order valence-electron chi connectivity index (χ2n) is 4.74. The zero-order valence-electron chi connectivity index (χ0n) is 11.0. The van der Waals surface area contributed by atoms with Crippen molar-refractivity contribution in [1.29, 1.82) is 0 Å². The van der Waals surface area contributed by atoms with Gasteiger partial charge in [0.05, 0.1) is 4.90 Å². The maximum atomic E-state index is 11.9. The molecule has 0 aliphatic carbocycles. The van der Waals surface area contributed by atoms with Crippen LogP contribution in [0.1, 0.15) is 20.7 Å². The van der Waals surface area contributed by atoms with Gasteiger partial charge in [-0.2, -0.15) is 16.8 Å². The van der Waals surface area contributed by atoms with Crippen LogP contribution in [-0.2, 0) is 20.2 Å². The number of benzene rings is 2. The fraction of sp³-hybridized carbons (Fsp3) is 0. The lowest BCUT2D eigenvalue weighted by Crippen LogP contribution is -2.35. The van der Waals surface area contributed by atoms with Gasteiger partial charge in [0.1, 0.15) is 4.90 Å². The number of rotatable bonds is 2. The number of carbonyl (C=O) groups excluding carboxylic acids is 2. The zero-order chi connectivity index (χ0) is 17.2. The molecule has 0 fully saturated rings. The van der Waals surface area contributed by atoms with Crippen LogP contribution in [-0.4, -0.2) is 37.8 Å². The molecule has 0 aromatic heterocycles. The van der Waals surface area contributed by atoms with Gasteiger partial charge in [-0.3, -0.25) is 24.0 Å². The van der Waals surface area contributed by atoms with E-state index < -0.39 is 41.8 Å². The molecule has 0 saturated carbocycles. The van der Waals surface area contributed by atoms with Gasteiger partial charge in [0.25, 0.3) is 32.1 Å². The van der Waals surface area contributed by atoms with Gasteiger partial charge < -0.3 is 0 Å². The van der Waals surface area contributed by atoms with E-state index in [1.54, 1.807) is 0 Å². The second kappa shape index (κ2) is 4.58. The molecular weight excluding hydrogens is 350 g/mol. The number of imide groups is 1. The van der Waals surface area contributed by atoms with Crippen molar-refractivity contribution in [2.45, 2.75) is 9.79 Å². The van der Waals surface area contributed by atoms with Gasteiger partial charge >= 0.3 is 0 Å². The number of nitrogens with one attached hydrogen (secondary N) is 1. The Balaban J connectivity index is 2.62. The van der Waals surface area contributed by atoms with Crippen molar-refractivity contribution in [3.8, 4) is 0 Å². The summed E-state index contributed by atoms with van der Waals surface area (Å²) in [6.45, 7) is 0. The standard InChI is InChI=1S/C12H7NO8S2/c14-11-6-1-2-9(23(19,20)21)7-3-5(22(16,17)18)4-8(10(6)7)12(15)13-11/h1-4H,(H,13,14,15)(H,16,17,18)(H,19,20,21). The minimum absolute atomic E-state index is 0.0658. The number of hydrogen-bond donors (Lipinski definition) is 3. The molecule has 0 bridgehead atoms. The average Bonchev–Trinajstić information content (AvgIpc) is 2.41. The lowest BCUT2D eigenvalue weighted by molar-refractivity contribution is 0.0844. The predicted molar refractivity (Wildman–Crippen MR) is 75.4 cm³/mol. The molecule has 2 aromatic rings. The smallest absolute Gasteiger partial charge is 0.288 e. The van der Waals surface area contributed by atoms with Crippen molar-refractivity contribution in [3.63, 3.8) is 0 Å². The van der Waals surface area contributed by atoms with Crippen molar-refractivity contribution >= 4 is 42.8 Å². The van der Waals surface area contributed by atoms with Crippen molar-refractivity contribution in [3.05, 3.63) is 35.4 Å². The van der Waals surface area contributed by atoms with E-state index in [0.717, 1.165) is 24.3 Å². The highest BCUT2D eigenvalue weighted by Gasteiger charge is 2.30. The maximum absolute atomic E-state index is 11.9. The summed E-state index contributed by atoms with van der Waals surface area (Å²) in [5.41, 5.74) is -0.376. The maximum Gasteiger partial charge on any atom is 0.295 e. The van der Waals surface area contributed by atoms with Crippen LogP contribution < -0.4 is 5.32 Å². The van der Waals surface area contributed by atoms with E-state index in [2.05, 4.69) is 0 Å². The largest absolute Gasteiger partial charge is 0.295 e. The summed E-state index contributed by atoms with van der Waals surface area (Å²) in [5.74, 6) is -1.75. The molecule has 2 aromatic carbocycles. The monoisotopic (exact) mass is 357 g/mol. The summed E-state index contributed by atoms with van der Waals surface area (Å²) in [4.78, 5) is 22.3. The topological polar surface area (TPSA) is 155 Å². The molecule has 3 rings (SSSR count). The van der Waals surface area contributed by atoms with E-state index >= 15 is 0 Å². The quantitative estimate of drug-likeness (QED) is 0.509. The first-order valence-corrected chi connectivity index (χ1v) is 8.79. The van der Waals surface area contributed by atoms with Gasteiger partial charge in [-0.15, -0.1) is 0 Å². The van der Waals surface area contributed by atoms with Crippen molar-refractivity contribution in [2.24, 2.45) is 0 Å². The number of carbonyl (C=O) groups is 2. The highest BCUT2D eigenvalue weighted by molar-refractivity contribution is 7.86. The van der Waals surface area contributed by atoms with Crippen LogP contribution in [0, 0.1) is 0 Å². The van der Waals surface area contributed by atoms with Gasteiger partial charge in [0.2, 0.25) is 0 Å². The minimum atomic E-state index is -4.76. The zero-order valence-corrected chi connectivity index (χ0v) is 12.6. The summed E-state index contributed by atoms with van der Waals surface area (Å²) in [6, 6.07) is 3.58. The highest BCUT2D eigenvalue weighted by Crippen LogP contribution is 2.33. The molecule has 0 unspecified atom stereocenters. The van der Waals surface area contributed by atoms with Crippen LogP contribution in [0.5, 0.6) is 0 Å². The summed E-state index contributed by atoms with van der Waals surface area (Å²) >= 11 is 0. The van der Waals surface area contributed by atoms with Gasteiger partial charge in [-0.05, 0) is 24.3 Å². The molecule has 120 valence electrons. The molecule has 2 amide bonds. The molecule has 3 N–H and O–H groups in total. The Morgan fingerprint density at radius 1 is 0.826 bits per heavy atom. The van der Waals surface area contributed by atoms with E-state index in [1.165, 1.54) is 0 Å². The van der Waals surface area contributed by atoms with Gasteiger partial charge in [-0.25, -0.2) is 0 Å². The van der Waals surface area contributed by atoms with E-state index in [0.29, 0.717) is 0 Å². The van der Waals surface area contributed by atoms with Crippen LogP contribution in [0.25, 0.3) is 10.8 Å². The van der Waals surface area contributed by atoms with E-state index in [1.807, 2.05) is 5.32 Å². The van der Waals surface area contributed by atoms with E-state index in [4.69, 9.17) is 4.55 Å². The first-order chi connectivity index (χ1) is 10.5. The lowest BCUT2D eigenvalue weighted by atomic mass is 9.95. The van der Waals surface area contributed by atoms with Gasteiger partial charge in [0.15, 0.2) is 0 Å². The van der Waals surface area contributed by atoms with Crippen LogP contribution in [0.4, 0.5) is 0 Å². The third-order valence-electron chi connectivity index (χ3n) is 3.34. The molecular formula is C12H7NO8S2. The van der Waals surface area contributed by atoms with Crippen molar-refractivity contribution in [2.75, 3.05) is 0 Å². The molecule has 1 aliphatic heterocycles. The summed E-state index contributed by atoms with van der Waals surface area (Å²) in [7, 11) is -9.52. The third-order valence-corrected chi connectivity index (χ3v) is 5.08. The Bertz CT molecular complexity index is 1120. The fourth-order valence-electron chi connectivity index (χ4n) is 2.41. The number of hydrogen-bond acceptors (Lipinski definition) is 6. The predicted octanol–water partition coefficient (Wildman–Crippen LogP) is 0.217. The van der Waals surface area contributed by atoms with Crippen molar-refractivity contribution < 1.29 is 35.5 Å². The fourth-order valence-corrected chi connectivity index (χ4v) is 3.62. The number of amides is 2. The van der Waals surface area contributed by atoms with Crippen molar-refractivity contribution in [1.82, 2.24) is 5.32 Å². The molecule has 0 saturated heterocycles. The normalized spacial score (nSPS) is 14.9. The highest BCUT2D eigenvalue weighted by atomic mass is 32.2. The van der Waals surface area contributed by atoms with Crippen LogP contribution in [0.2, 0.25) is 0 Å².